The van der Waals surface area contributed by atoms with E-state index >= 15 is 0 Å². The van der Waals surface area contributed by atoms with Crippen LogP contribution in [0.15, 0.2) is 42.5 Å². The number of hydrogen-bond acceptors (Lipinski definition) is 4. The molecule has 2 aliphatic heterocycles. The monoisotopic (exact) mass is 447 g/mol. The van der Waals surface area contributed by atoms with Crippen molar-refractivity contribution in [3.63, 3.8) is 0 Å². The minimum absolute atomic E-state index is 0.0824. The molecule has 170 valence electrons. The van der Waals surface area contributed by atoms with Crippen LogP contribution in [0.2, 0.25) is 0 Å². The van der Waals surface area contributed by atoms with Crippen molar-refractivity contribution in [2.45, 2.75) is 25.6 Å². The second-order valence-electron chi connectivity index (χ2n) is 7.90. The number of morpholine rings is 1. The number of halogens is 3. The molecule has 0 atom stereocenters. The van der Waals surface area contributed by atoms with E-state index < -0.39 is 17.6 Å². The lowest BCUT2D eigenvalue weighted by molar-refractivity contribution is -0.137. The Morgan fingerprint density at radius 3 is 2.53 bits per heavy atom. The summed E-state index contributed by atoms with van der Waals surface area (Å²) in [6.07, 6.45) is -3.18. The van der Waals surface area contributed by atoms with Crippen molar-refractivity contribution < 1.29 is 27.5 Å². The summed E-state index contributed by atoms with van der Waals surface area (Å²) in [5.74, 6) is -0.424. The first-order valence-electron chi connectivity index (χ1n) is 10.5. The van der Waals surface area contributed by atoms with Crippen LogP contribution in [0.1, 0.15) is 34.3 Å². The number of amides is 2. The van der Waals surface area contributed by atoms with Crippen molar-refractivity contribution in [2.75, 3.05) is 43.1 Å². The summed E-state index contributed by atoms with van der Waals surface area (Å²) in [5.41, 5.74) is 0.913. The molecule has 32 heavy (non-hydrogen) atoms. The smallest absolute Gasteiger partial charge is 0.378 e. The molecule has 0 spiro atoms. The van der Waals surface area contributed by atoms with Crippen molar-refractivity contribution in [3.05, 3.63) is 59.2 Å². The Morgan fingerprint density at radius 2 is 1.84 bits per heavy atom. The van der Waals surface area contributed by atoms with E-state index in [2.05, 4.69) is 5.32 Å². The van der Waals surface area contributed by atoms with Crippen LogP contribution in [0, 0.1) is 0 Å². The maximum absolute atomic E-state index is 13.3. The number of carbonyl (C=O) groups excluding carboxylic acids is 2. The van der Waals surface area contributed by atoms with Crippen molar-refractivity contribution in [1.29, 1.82) is 0 Å². The Labute approximate surface area is 183 Å². The molecule has 2 aromatic carbocycles. The molecular formula is C23H24F3N3O3. The molecule has 2 heterocycles. The minimum atomic E-state index is -4.52. The van der Waals surface area contributed by atoms with E-state index in [-0.39, 0.29) is 11.6 Å². The van der Waals surface area contributed by atoms with Crippen molar-refractivity contribution in [2.24, 2.45) is 0 Å². The van der Waals surface area contributed by atoms with Gasteiger partial charge >= 0.3 is 6.18 Å². The molecule has 1 N–H and O–H groups in total. The van der Waals surface area contributed by atoms with Crippen molar-refractivity contribution >= 4 is 23.2 Å². The standard InChI is InChI=1S/C23H24F3N3O3/c24-23(25,26)18-6-7-20(28-9-11-32-12-10-28)19(14-18)27-22(31)17-4-1-3-16(13-17)15-29-8-2-5-21(29)30/h1,3-4,6-7,13-14H,2,5,8-12,15H2,(H,27,31). The molecule has 9 heteroatoms. The normalized spacial score (nSPS) is 17.0. The van der Waals surface area contributed by atoms with Crippen molar-refractivity contribution in [1.82, 2.24) is 4.90 Å². The maximum atomic E-state index is 13.3. The third-order valence-electron chi connectivity index (χ3n) is 5.66. The van der Waals surface area contributed by atoms with Crippen molar-refractivity contribution in [3.8, 4) is 0 Å². The first-order chi connectivity index (χ1) is 15.3. The Bertz CT molecular complexity index is 1000. The van der Waals surface area contributed by atoms with Gasteiger partial charge in [0.2, 0.25) is 5.91 Å². The number of nitrogens with zero attached hydrogens (tertiary/aromatic N) is 2. The molecule has 2 saturated heterocycles. The fraction of sp³-hybridized carbons (Fsp3) is 0.391. The van der Waals surface area contributed by atoms with Gasteiger partial charge in [-0.15, -0.1) is 0 Å². The van der Waals surface area contributed by atoms with E-state index in [9.17, 15) is 22.8 Å². The Morgan fingerprint density at radius 1 is 1.06 bits per heavy atom. The zero-order valence-corrected chi connectivity index (χ0v) is 17.5. The predicted octanol–water partition coefficient (Wildman–Crippen LogP) is 3.92. The van der Waals surface area contributed by atoms with Gasteiger partial charge in [-0.3, -0.25) is 9.59 Å². The van der Waals surface area contributed by atoms with Gasteiger partial charge in [-0.05, 0) is 42.3 Å². The number of anilines is 2. The Kier molecular flexibility index (Phi) is 6.36. The molecule has 0 aliphatic carbocycles. The highest BCUT2D eigenvalue weighted by atomic mass is 19.4. The summed E-state index contributed by atoms with van der Waals surface area (Å²) >= 11 is 0. The van der Waals surface area contributed by atoms with Gasteiger partial charge in [0.25, 0.3) is 5.91 Å². The second-order valence-corrected chi connectivity index (χ2v) is 7.90. The molecule has 2 aromatic rings. The van der Waals surface area contributed by atoms with Crippen LogP contribution in [-0.4, -0.2) is 49.6 Å². The van der Waals surface area contributed by atoms with Gasteiger partial charge in [0.05, 0.1) is 30.2 Å². The molecule has 0 aromatic heterocycles. The van der Waals surface area contributed by atoms with E-state index in [0.29, 0.717) is 57.1 Å². The summed E-state index contributed by atoms with van der Waals surface area (Å²) in [5, 5.41) is 2.66. The lowest BCUT2D eigenvalue weighted by Gasteiger charge is -2.31. The third kappa shape index (κ3) is 5.04. The van der Waals surface area contributed by atoms with Gasteiger partial charge in [0, 0.05) is 38.2 Å². The maximum Gasteiger partial charge on any atom is 0.416 e. The van der Waals surface area contributed by atoms with Gasteiger partial charge in [0.1, 0.15) is 0 Å². The van der Waals surface area contributed by atoms with Crippen LogP contribution in [0.4, 0.5) is 24.5 Å². The van der Waals surface area contributed by atoms with Crippen LogP contribution in [0.5, 0.6) is 0 Å². The molecule has 2 aliphatic rings. The molecule has 0 radical (unpaired) electrons. The summed E-state index contributed by atoms with van der Waals surface area (Å²) in [6, 6.07) is 10.2. The first kappa shape index (κ1) is 22.1. The van der Waals surface area contributed by atoms with Crippen LogP contribution in [0.25, 0.3) is 0 Å². The number of alkyl halides is 3. The third-order valence-corrected chi connectivity index (χ3v) is 5.66. The fourth-order valence-electron chi connectivity index (χ4n) is 3.99. The Hall–Kier alpha value is -3.07. The molecule has 0 saturated carbocycles. The molecule has 0 unspecified atom stereocenters. The van der Waals surface area contributed by atoms with Gasteiger partial charge in [-0.2, -0.15) is 13.2 Å². The van der Waals surface area contributed by atoms with Crippen LogP contribution >= 0.6 is 0 Å². The van der Waals surface area contributed by atoms with E-state index in [1.165, 1.54) is 6.07 Å². The zero-order chi connectivity index (χ0) is 22.7. The number of nitrogens with one attached hydrogen (secondary N) is 1. The Balaban J connectivity index is 1.57. The minimum Gasteiger partial charge on any atom is -0.378 e. The van der Waals surface area contributed by atoms with Gasteiger partial charge in [0.15, 0.2) is 0 Å². The number of rotatable bonds is 5. The highest BCUT2D eigenvalue weighted by molar-refractivity contribution is 6.06. The highest BCUT2D eigenvalue weighted by Gasteiger charge is 2.32. The molecule has 2 amide bonds. The first-order valence-corrected chi connectivity index (χ1v) is 10.5. The predicted molar refractivity (Wildman–Crippen MR) is 114 cm³/mol. The molecule has 4 rings (SSSR count). The molecule has 2 fully saturated rings. The second kappa shape index (κ2) is 9.20. The lowest BCUT2D eigenvalue weighted by atomic mass is 10.1. The topological polar surface area (TPSA) is 61.9 Å². The van der Waals surface area contributed by atoms with Gasteiger partial charge in [-0.25, -0.2) is 0 Å². The number of ether oxygens (including phenoxy) is 1. The highest BCUT2D eigenvalue weighted by Crippen LogP contribution is 2.36. The lowest BCUT2D eigenvalue weighted by Crippen LogP contribution is -2.36. The van der Waals surface area contributed by atoms with E-state index in [0.717, 1.165) is 24.1 Å². The molecule has 6 nitrogen and oxygen atoms in total. The van der Waals surface area contributed by atoms with E-state index in [4.69, 9.17) is 4.74 Å². The average Bonchev–Trinajstić information content (AvgIpc) is 3.18. The summed E-state index contributed by atoms with van der Waals surface area (Å²) < 4.78 is 45.2. The van der Waals surface area contributed by atoms with E-state index in [1.54, 1.807) is 23.1 Å². The van der Waals surface area contributed by atoms with Crippen LogP contribution < -0.4 is 10.2 Å². The van der Waals surface area contributed by atoms with E-state index in [1.807, 2.05) is 11.0 Å². The zero-order valence-electron chi connectivity index (χ0n) is 17.5. The van der Waals surface area contributed by atoms with Crippen LogP contribution in [0.3, 0.4) is 0 Å². The number of carbonyl (C=O) groups is 2. The average molecular weight is 447 g/mol. The fourth-order valence-corrected chi connectivity index (χ4v) is 3.99. The summed E-state index contributed by atoms with van der Waals surface area (Å²) in [6.45, 7) is 3.06. The van der Waals surface area contributed by atoms with Gasteiger partial charge in [-0.1, -0.05) is 12.1 Å². The van der Waals surface area contributed by atoms with Gasteiger partial charge < -0.3 is 19.9 Å². The summed E-state index contributed by atoms with van der Waals surface area (Å²) in [7, 11) is 0. The molecular weight excluding hydrogens is 423 g/mol. The number of benzene rings is 2. The number of hydrogen-bond donors (Lipinski definition) is 1. The quantitative estimate of drug-likeness (QED) is 0.755. The SMILES string of the molecule is O=C(Nc1cc(C(F)(F)F)ccc1N1CCOCC1)c1cccc(CN2CCCC2=O)c1. The number of likely N-dealkylation sites (tertiary alicyclic amines) is 1. The van der Waals surface area contributed by atoms with Crippen LogP contribution in [-0.2, 0) is 22.3 Å². The summed E-state index contributed by atoms with van der Waals surface area (Å²) in [4.78, 5) is 28.5. The molecule has 0 bridgehead atoms. The largest absolute Gasteiger partial charge is 0.416 e.